The van der Waals surface area contributed by atoms with E-state index in [4.69, 9.17) is 0 Å². The minimum Gasteiger partial charge on any atom is -0.333 e. The van der Waals surface area contributed by atoms with Gasteiger partial charge in [-0.25, -0.2) is 0 Å². The van der Waals surface area contributed by atoms with Crippen LogP contribution in [0, 0.1) is 0 Å². The quantitative estimate of drug-likeness (QED) is 0.791. The van der Waals surface area contributed by atoms with Crippen LogP contribution in [0.1, 0.15) is 30.1 Å². The molecule has 3 rings (SSSR count). The molecule has 18 heavy (non-hydrogen) atoms. The lowest BCUT2D eigenvalue weighted by Gasteiger charge is -2.42. The Kier molecular flexibility index (Phi) is 3.47. The zero-order chi connectivity index (χ0) is 12.7. The third kappa shape index (κ3) is 2.24. The van der Waals surface area contributed by atoms with Crippen LogP contribution in [-0.4, -0.2) is 47.4 Å². The summed E-state index contributed by atoms with van der Waals surface area (Å²) >= 11 is 5.00. The molecule has 2 aliphatic rings. The number of piperazine rings is 1. The van der Waals surface area contributed by atoms with Crippen molar-refractivity contribution in [3.8, 4) is 0 Å². The normalized spacial score (nSPS) is 28.4. The first-order valence-electron chi connectivity index (χ1n) is 6.44. The van der Waals surface area contributed by atoms with Crippen LogP contribution in [0.5, 0.6) is 0 Å². The van der Waals surface area contributed by atoms with E-state index in [9.17, 15) is 4.79 Å². The van der Waals surface area contributed by atoms with Crippen LogP contribution in [0.3, 0.4) is 0 Å². The molecule has 2 atom stereocenters. The molecule has 5 heteroatoms. The van der Waals surface area contributed by atoms with E-state index in [0.717, 1.165) is 22.4 Å². The minimum atomic E-state index is 0.191. The topological polar surface area (TPSA) is 23.6 Å². The molecule has 2 unspecified atom stereocenters. The summed E-state index contributed by atoms with van der Waals surface area (Å²) in [5.74, 6) is 0.191. The molecule has 2 aliphatic heterocycles. The van der Waals surface area contributed by atoms with Crippen molar-refractivity contribution in [3.05, 3.63) is 20.8 Å². The lowest BCUT2D eigenvalue weighted by molar-refractivity contribution is 0.0396. The molecule has 2 fully saturated rings. The summed E-state index contributed by atoms with van der Waals surface area (Å²) in [6, 6.07) is 2.85. The highest BCUT2D eigenvalue weighted by Crippen LogP contribution is 2.27. The largest absolute Gasteiger partial charge is 0.333 e. The van der Waals surface area contributed by atoms with E-state index in [2.05, 4.69) is 32.7 Å². The Morgan fingerprint density at radius 2 is 2.33 bits per heavy atom. The first kappa shape index (κ1) is 12.6. The van der Waals surface area contributed by atoms with Crippen molar-refractivity contribution < 1.29 is 4.79 Å². The molecule has 0 bridgehead atoms. The lowest BCUT2D eigenvalue weighted by atomic mass is 10.1. The van der Waals surface area contributed by atoms with Gasteiger partial charge in [-0.2, -0.15) is 0 Å². The molecular formula is C13H17BrN2OS. The standard InChI is InChI=1S/C13H17BrN2OS/c1-9-6-15-4-2-3-11(15)7-16(9)13(17)10-5-12(14)18-8-10/h5,8-9,11H,2-4,6-7H2,1H3. The minimum absolute atomic E-state index is 0.191. The van der Waals surface area contributed by atoms with Gasteiger partial charge in [0.1, 0.15) is 0 Å². The van der Waals surface area contributed by atoms with Crippen LogP contribution in [0.4, 0.5) is 0 Å². The molecule has 0 radical (unpaired) electrons. The van der Waals surface area contributed by atoms with Gasteiger partial charge in [-0.1, -0.05) is 0 Å². The van der Waals surface area contributed by atoms with Crippen molar-refractivity contribution in [3.63, 3.8) is 0 Å². The van der Waals surface area contributed by atoms with E-state index in [0.29, 0.717) is 12.1 Å². The molecule has 0 aromatic carbocycles. The molecule has 0 spiro atoms. The zero-order valence-corrected chi connectivity index (χ0v) is 12.8. The van der Waals surface area contributed by atoms with Crippen molar-refractivity contribution >= 4 is 33.2 Å². The third-order valence-corrected chi connectivity index (χ3v) is 5.52. The molecule has 98 valence electrons. The maximum Gasteiger partial charge on any atom is 0.255 e. The number of carbonyl (C=O) groups is 1. The van der Waals surface area contributed by atoms with Crippen molar-refractivity contribution in [2.75, 3.05) is 19.6 Å². The Morgan fingerprint density at radius 1 is 1.50 bits per heavy atom. The Hall–Kier alpha value is -0.390. The van der Waals surface area contributed by atoms with Crippen LogP contribution >= 0.6 is 27.3 Å². The first-order valence-corrected chi connectivity index (χ1v) is 8.11. The summed E-state index contributed by atoms with van der Waals surface area (Å²) in [7, 11) is 0. The van der Waals surface area contributed by atoms with Gasteiger partial charge < -0.3 is 4.90 Å². The summed E-state index contributed by atoms with van der Waals surface area (Å²) in [5, 5.41) is 1.94. The molecule has 3 nitrogen and oxygen atoms in total. The number of carbonyl (C=O) groups excluding carboxylic acids is 1. The molecule has 2 saturated heterocycles. The first-order chi connectivity index (χ1) is 8.65. The fourth-order valence-electron chi connectivity index (χ4n) is 3.06. The summed E-state index contributed by atoms with van der Waals surface area (Å²) in [6.07, 6.45) is 2.52. The Bertz CT molecular complexity index is 462. The highest BCUT2D eigenvalue weighted by atomic mass is 79.9. The predicted octanol–water partition coefficient (Wildman–Crippen LogP) is 2.82. The maximum absolute atomic E-state index is 12.5. The van der Waals surface area contributed by atoms with E-state index in [1.807, 2.05) is 11.4 Å². The third-order valence-electron chi connectivity index (χ3n) is 4.01. The SMILES string of the molecule is CC1CN2CCCC2CN1C(=O)c1csc(Br)c1. The van der Waals surface area contributed by atoms with Crippen molar-refractivity contribution in [1.29, 1.82) is 0 Å². The van der Waals surface area contributed by atoms with Gasteiger partial charge in [-0.3, -0.25) is 9.69 Å². The molecule has 1 aromatic heterocycles. The van der Waals surface area contributed by atoms with E-state index in [1.54, 1.807) is 11.3 Å². The molecule has 3 heterocycles. The van der Waals surface area contributed by atoms with E-state index in [1.165, 1.54) is 19.4 Å². The van der Waals surface area contributed by atoms with Gasteiger partial charge in [-0.15, -0.1) is 11.3 Å². The smallest absolute Gasteiger partial charge is 0.255 e. The number of fused-ring (bicyclic) bond motifs is 1. The van der Waals surface area contributed by atoms with Crippen LogP contribution in [0.2, 0.25) is 0 Å². The monoisotopic (exact) mass is 328 g/mol. The summed E-state index contributed by atoms with van der Waals surface area (Å²) in [5.41, 5.74) is 0.824. The van der Waals surface area contributed by atoms with Gasteiger partial charge in [0.15, 0.2) is 0 Å². The van der Waals surface area contributed by atoms with Crippen molar-refractivity contribution in [2.24, 2.45) is 0 Å². The number of rotatable bonds is 1. The van der Waals surface area contributed by atoms with Crippen LogP contribution in [0.15, 0.2) is 15.2 Å². The van der Waals surface area contributed by atoms with Gasteiger partial charge in [-0.05, 0) is 48.3 Å². The Labute approximate surface area is 120 Å². The van der Waals surface area contributed by atoms with Crippen LogP contribution in [-0.2, 0) is 0 Å². The Balaban J connectivity index is 1.77. The number of thiophene rings is 1. The number of hydrogen-bond donors (Lipinski definition) is 0. The fraction of sp³-hybridized carbons (Fsp3) is 0.615. The van der Waals surface area contributed by atoms with E-state index in [-0.39, 0.29) is 5.91 Å². The summed E-state index contributed by atoms with van der Waals surface area (Å²) in [4.78, 5) is 17.1. The Morgan fingerprint density at radius 3 is 3.06 bits per heavy atom. The van der Waals surface area contributed by atoms with Crippen LogP contribution in [0.25, 0.3) is 0 Å². The number of halogens is 1. The predicted molar refractivity (Wildman–Crippen MR) is 77.1 cm³/mol. The van der Waals surface area contributed by atoms with E-state index >= 15 is 0 Å². The van der Waals surface area contributed by atoms with Gasteiger partial charge in [0.2, 0.25) is 0 Å². The number of amides is 1. The molecular weight excluding hydrogens is 312 g/mol. The summed E-state index contributed by atoms with van der Waals surface area (Å²) < 4.78 is 1.03. The number of hydrogen-bond acceptors (Lipinski definition) is 3. The molecule has 1 amide bonds. The molecule has 0 N–H and O–H groups in total. The lowest BCUT2D eigenvalue weighted by Crippen LogP contribution is -2.56. The highest BCUT2D eigenvalue weighted by Gasteiger charge is 2.36. The van der Waals surface area contributed by atoms with Gasteiger partial charge >= 0.3 is 0 Å². The average Bonchev–Trinajstić information content (AvgIpc) is 2.95. The molecule has 0 aliphatic carbocycles. The maximum atomic E-state index is 12.5. The molecule has 1 aromatic rings. The second kappa shape index (κ2) is 4.94. The summed E-state index contributed by atoms with van der Waals surface area (Å²) in [6.45, 7) is 5.30. The van der Waals surface area contributed by atoms with Crippen molar-refractivity contribution in [1.82, 2.24) is 9.80 Å². The van der Waals surface area contributed by atoms with Crippen molar-refractivity contribution in [2.45, 2.75) is 31.8 Å². The highest BCUT2D eigenvalue weighted by molar-refractivity contribution is 9.11. The number of nitrogens with zero attached hydrogens (tertiary/aromatic N) is 2. The fourth-order valence-corrected chi connectivity index (χ4v) is 4.19. The molecule has 0 saturated carbocycles. The van der Waals surface area contributed by atoms with Gasteiger partial charge in [0.25, 0.3) is 5.91 Å². The zero-order valence-electron chi connectivity index (χ0n) is 10.4. The van der Waals surface area contributed by atoms with Gasteiger partial charge in [0, 0.05) is 30.6 Å². The second-order valence-electron chi connectivity index (χ2n) is 5.24. The van der Waals surface area contributed by atoms with E-state index < -0.39 is 0 Å². The van der Waals surface area contributed by atoms with Gasteiger partial charge in [0.05, 0.1) is 9.35 Å². The average molecular weight is 329 g/mol. The van der Waals surface area contributed by atoms with Crippen LogP contribution < -0.4 is 0 Å². The second-order valence-corrected chi connectivity index (χ2v) is 7.53.